The van der Waals surface area contributed by atoms with Crippen LogP contribution in [0.15, 0.2) is 23.8 Å². The molecule has 0 radical (unpaired) electrons. The number of hydrogen-bond acceptors (Lipinski definition) is 1. The third kappa shape index (κ3) is 1.92. The van der Waals surface area contributed by atoms with Crippen LogP contribution in [0.5, 0.6) is 0 Å². The molecule has 1 heteroatoms. The van der Waals surface area contributed by atoms with E-state index in [0.29, 0.717) is 17.1 Å². The third-order valence-electron chi connectivity index (χ3n) is 7.51. The quantitative estimate of drug-likeness (QED) is 0.667. The molecule has 114 valence electrons. The van der Waals surface area contributed by atoms with Crippen LogP contribution in [0, 0.1) is 35.0 Å². The Morgan fingerprint density at radius 1 is 1.19 bits per heavy atom. The maximum atomic E-state index is 12.1. The number of Topliss-reactive ketones (excluding diaryl/α,β-unsaturated/α-hetero) is 1. The van der Waals surface area contributed by atoms with Crippen molar-refractivity contribution in [3.8, 4) is 0 Å². The Morgan fingerprint density at radius 2 is 2.05 bits per heavy atom. The molecule has 0 aromatic heterocycles. The van der Waals surface area contributed by atoms with E-state index in [4.69, 9.17) is 0 Å². The normalized spacial score (nSPS) is 48.1. The van der Waals surface area contributed by atoms with E-state index < -0.39 is 0 Å². The molecule has 0 aliphatic heterocycles. The Morgan fingerprint density at radius 3 is 2.86 bits per heavy atom. The van der Waals surface area contributed by atoms with Crippen molar-refractivity contribution in [3.05, 3.63) is 23.8 Å². The first-order valence-electron chi connectivity index (χ1n) is 8.98. The van der Waals surface area contributed by atoms with Gasteiger partial charge in [0.1, 0.15) is 5.78 Å². The maximum absolute atomic E-state index is 12.1. The predicted molar refractivity (Wildman–Crippen MR) is 85.8 cm³/mol. The summed E-state index contributed by atoms with van der Waals surface area (Å²) in [6.45, 7) is 4.27. The molecule has 0 N–H and O–H groups in total. The molecule has 0 aromatic rings. The molecule has 21 heavy (non-hydrogen) atoms. The summed E-state index contributed by atoms with van der Waals surface area (Å²) in [6.07, 6.45) is 16.3. The van der Waals surface area contributed by atoms with Gasteiger partial charge >= 0.3 is 0 Å². The number of hydrogen-bond donors (Lipinski definition) is 0. The van der Waals surface area contributed by atoms with E-state index in [0.717, 1.165) is 30.1 Å². The molecular weight excluding hydrogens is 256 g/mol. The molecule has 4 rings (SSSR count). The van der Waals surface area contributed by atoms with Gasteiger partial charge in [0.25, 0.3) is 0 Å². The highest BCUT2D eigenvalue weighted by atomic mass is 16.1. The highest BCUT2D eigenvalue weighted by Crippen LogP contribution is 2.62. The van der Waals surface area contributed by atoms with Gasteiger partial charge in [-0.15, -0.1) is 0 Å². The summed E-state index contributed by atoms with van der Waals surface area (Å²) >= 11 is 0. The second kappa shape index (κ2) is 4.83. The molecule has 4 aliphatic rings. The minimum Gasteiger partial charge on any atom is -0.300 e. The lowest BCUT2D eigenvalue weighted by Crippen LogP contribution is -2.46. The van der Waals surface area contributed by atoms with Crippen molar-refractivity contribution in [2.24, 2.45) is 35.0 Å². The molecule has 2 saturated carbocycles. The average molecular weight is 284 g/mol. The second-order valence-corrected chi connectivity index (χ2v) is 8.25. The maximum Gasteiger partial charge on any atom is 0.133 e. The van der Waals surface area contributed by atoms with E-state index in [1.54, 1.807) is 5.57 Å². The van der Waals surface area contributed by atoms with Crippen molar-refractivity contribution < 1.29 is 4.79 Å². The monoisotopic (exact) mass is 284 g/mol. The summed E-state index contributed by atoms with van der Waals surface area (Å²) in [4.78, 5) is 12.1. The summed E-state index contributed by atoms with van der Waals surface area (Å²) in [6, 6.07) is 0. The van der Waals surface area contributed by atoms with E-state index in [9.17, 15) is 4.79 Å². The Balaban J connectivity index is 1.65. The highest BCUT2D eigenvalue weighted by Gasteiger charge is 2.56. The number of carbonyl (C=O) groups excluding carboxylic acids is 1. The van der Waals surface area contributed by atoms with Crippen molar-refractivity contribution in [2.45, 2.75) is 58.8 Å². The summed E-state index contributed by atoms with van der Waals surface area (Å²) in [7, 11) is 0. The van der Waals surface area contributed by atoms with Gasteiger partial charge in [0.15, 0.2) is 0 Å². The average Bonchev–Trinajstić information content (AvgIpc) is 2.84. The van der Waals surface area contributed by atoms with Crippen molar-refractivity contribution in [1.29, 1.82) is 0 Å². The molecule has 4 aliphatic carbocycles. The predicted octanol–water partition coefficient (Wildman–Crippen LogP) is 4.93. The van der Waals surface area contributed by atoms with Crippen molar-refractivity contribution in [2.75, 3.05) is 0 Å². The number of carbonyl (C=O) groups is 1. The Labute approximate surface area is 128 Å². The number of rotatable bonds is 1. The first-order chi connectivity index (χ1) is 10.1. The van der Waals surface area contributed by atoms with Crippen molar-refractivity contribution in [1.82, 2.24) is 0 Å². The van der Waals surface area contributed by atoms with Crippen LogP contribution in [0.25, 0.3) is 0 Å². The van der Waals surface area contributed by atoms with Gasteiger partial charge in [0.05, 0.1) is 0 Å². The van der Waals surface area contributed by atoms with E-state index in [1.165, 1.54) is 38.5 Å². The zero-order valence-corrected chi connectivity index (χ0v) is 13.5. The van der Waals surface area contributed by atoms with Crippen LogP contribution in [0.1, 0.15) is 58.8 Å². The third-order valence-corrected chi connectivity index (χ3v) is 7.51. The topological polar surface area (TPSA) is 17.1 Å². The van der Waals surface area contributed by atoms with Gasteiger partial charge in [0, 0.05) is 5.92 Å². The van der Waals surface area contributed by atoms with Gasteiger partial charge < -0.3 is 0 Å². The molecule has 2 fully saturated rings. The Hall–Kier alpha value is -0.850. The molecule has 0 saturated heterocycles. The zero-order valence-electron chi connectivity index (χ0n) is 13.5. The number of fused-ring (bicyclic) bond motifs is 5. The molecule has 0 spiro atoms. The van der Waals surface area contributed by atoms with Crippen molar-refractivity contribution >= 4 is 5.78 Å². The van der Waals surface area contributed by atoms with Crippen LogP contribution < -0.4 is 0 Å². The highest BCUT2D eigenvalue weighted by molar-refractivity contribution is 5.79. The summed E-state index contributed by atoms with van der Waals surface area (Å²) < 4.78 is 0. The minimum absolute atomic E-state index is 0.308. The first kappa shape index (κ1) is 13.8. The molecule has 6 atom stereocenters. The molecule has 1 nitrogen and oxygen atoms in total. The molecule has 0 amide bonds. The van der Waals surface area contributed by atoms with Gasteiger partial charge in [0.2, 0.25) is 0 Å². The second-order valence-electron chi connectivity index (χ2n) is 8.25. The Bertz CT molecular complexity index is 514. The van der Waals surface area contributed by atoms with E-state index in [1.807, 2.05) is 6.92 Å². The fourth-order valence-corrected chi connectivity index (χ4v) is 6.56. The fourth-order valence-electron chi connectivity index (χ4n) is 6.56. The van der Waals surface area contributed by atoms with Gasteiger partial charge in [-0.3, -0.25) is 4.79 Å². The lowest BCUT2D eigenvalue weighted by atomic mass is 9.52. The lowest BCUT2D eigenvalue weighted by Gasteiger charge is -2.52. The number of ketones is 1. The molecule has 0 heterocycles. The van der Waals surface area contributed by atoms with Crippen LogP contribution in [0.2, 0.25) is 0 Å². The SMILES string of the molecule is CC(=O)[C@H]1CC[C@H]2[C@@H]3CC=C4C=CCC[C@@H]4[C@H]3CC[C@]12C. The molecule has 0 aromatic carbocycles. The van der Waals surface area contributed by atoms with Gasteiger partial charge in [-0.05, 0) is 86.5 Å². The van der Waals surface area contributed by atoms with Crippen molar-refractivity contribution in [3.63, 3.8) is 0 Å². The minimum atomic E-state index is 0.308. The van der Waals surface area contributed by atoms with E-state index in [-0.39, 0.29) is 0 Å². The van der Waals surface area contributed by atoms with Gasteiger partial charge in [-0.25, -0.2) is 0 Å². The molecular formula is C20H28O. The van der Waals surface area contributed by atoms with E-state index in [2.05, 4.69) is 25.2 Å². The standard InChI is InChI=1S/C20H28O/c1-13(21)18-9-10-19-17-8-7-14-5-3-4-6-15(14)16(17)11-12-20(18,19)2/h3,5,7,15-19H,4,6,8-12H2,1-2H3/t15-,16+,17+,18+,19-,20+/m0/s1. The molecule has 0 unspecified atom stereocenters. The van der Waals surface area contributed by atoms with Gasteiger partial charge in [-0.2, -0.15) is 0 Å². The largest absolute Gasteiger partial charge is 0.300 e. The van der Waals surface area contributed by atoms with Crippen LogP contribution in [-0.2, 0) is 4.79 Å². The lowest BCUT2D eigenvalue weighted by molar-refractivity contribution is -0.126. The first-order valence-corrected chi connectivity index (χ1v) is 8.98. The van der Waals surface area contributed by atoms with E-state index >= 15 is 0 Å². The summed E-state index contributed by atoms with van der Waals surface area (Å²) in [5.41, 5.74) is 1.94. The summed E-state index contributed by atoms with van der Waals surface area (Å²) in [5, 5.41) is 0. The van der Waals surface area contributed by atoms with Gasteiger partial charge in [-0.1, -0.05) is 25.2 Å². The smallest absolute Gasteiger partial charge is 0.133 e. The Kier molecular flexibility index (Phi) is 3.17. The van der Waals surface area contributed by atoms with Crippen LogP contribution in [0.3, 0.4) is 0 Å². The van der Waals surface area contributed by atoms with Crippen LogP contribution >= 0.6 is 0 Å². The molecule has 0 bridgehead atoms. The summed E-state index contributed by atoms with van der Waals surface area (Å²) in [5.74, 6) is 4.18. The fraction of sp³-hybridized carbons (Fsp3) is 0.750. The number of allylic oxidation sites excluding steroid dienone is 4. The van der Waals surface area contributed by atoms with Crippen LogP contribution in [-0.4, -0.2) is 5.78 Å². The van der Waals surface area contributed by atoms with Crippen LogP contribution in [0.4, 0.5) is 0 Å². The zero-order chi connectivity index (χ0) is 14.6.